The number of hydrogen-bond donors (Lipinski definition) is 1. The predicted octanol–water partition coefficient (Wildman–Crippen LogP) is 6.62. The summed E-state index contributed by atoms with van der Waals surface area (Å²) in [7, 11) is 0. The third-order valence-corrected chi connectivity index (χ3v) is 7.52. The predicted molar refractivity (Wildman–Crippen MR) is 154 cm³/mol. The van der Waals surface area contributed by atoms with Gasteiger partial charge in [-0.2, -0.15) is 0 Å². The minimum absolute atomic E-state index is 0.125. The number of aromatic nitrogens is 2. The van der Waals surface area contributed by atoms with Gasteiger partial charge in [0.2, 0.25) is 0 Å². The van der Waals surface area contributed by atoms with Gasteiger partial charge in [0, 0.05) is 38.1 Å². The van der Waals surface area contributed by atoms with Gasteiger partial charge in [0.05, 0.1) is 21.9 Å². The van der Waals surface area contributed by atoms with E-state index in [9.17, 15) is 18.0 Å². The first-order chi connectivity index (χ1) is 19.8. The number of imidazole rings is 1. The average Bonchev–Trinajstić information content (AvgIpc) is 3.29. The maximum Gasteiger partial charge on any atom is 0.573 e. The van der Waals surface area contributed by atoms with Crippen molar-refractivity contribution in [3.63, 3.8) is 0 Å². The van der Waals surface area contributed by atoms with Crippen LogP contribution < -0.4 is 19.9 Å². The van der Waals surface area contributed by atoms with Crippen molar-refractivity contribution >= 4 is 34.5 Å². The number of nitrogens with one attached hydrogen (secondary N) is 1. The Bertz CT molecular complexity index is 1600. The van der Waals surface area contributed by atoms with Gasteiger partial charge in [0.25, 0.3) is 5.91 Å². The number of hydrogen-bond acceptors (Lipinski definition) is 5. The van der Waals surface area contributed by atoms with E-state index in [0.717, 1.165) is 5.69 Å². The van der Waals surface area contributed by atoms with Crippen molar-refractivity contribution in [2.75, 3.05) is 29.4 Å². The molecule has 0 spiro atoms. The first-order valence-electron chi connectivity index (χ1n) is 13.5. The molecule has 7 nitrogen and oxygen atoms in total. The Morgan fingerprint density at radius 2 is 1.83 bits per heavy atom. The Labute approximate surface area is 245 Å². The number of rotatable bonds is 7. The zero-order chi connectivity index (χ0) is 30.2. The van der Waals surface area contributed by atoms with Crippen LogP contribution in [0.2, 0.25) is 5.02 Å². The van der Waals surface area contributed by atoms with Gasteiger partial charge in [-0.1, -0.05) is 24.6 Å². The second-order valence-electron chi connectivity index (χ2n) is 10.7. The number of carbonyl (C=O) groups excluding carboxylic acids is 1. The van der Waals surface area contributed by atoms with Crippen LogP contribution in [0.3, 0.4) is 0 Å². The number of anilines is 2. The van der Waals surface area contributed by atoms with Gasteiger partial charge in [-0.3, -0.25) is 9.20 Å². The summed E-state index contributed by atoms with van der Waals surface area (Å²) in [4.78, 5) is 21.6. The Hall–Kier alpha value is -3.99. The number of alkyl halides is 3. The fraction of sp³-hybridized carbons (Fsp3) is 0.333. The molecule has 12 heteroatoms. The molecule has 4 aromatic rings. The molecule has 222 valence electrons. The smallest absolute Gasteiger partial charge is 0.406 e. The van der Waals surface area contributed by atoms with E-state index in [-0.39, 0.29) is 18.2 Å². The summed E-state index contributed by atoms with van der Waals surface area (Å²) < 4.78 is 58.5. The molecule has 1 amide bonds. The van der Waals surface area contributed by atoms with Crippen LogP contribution in [-0.2, 0) is 13.0 Å². The van der Waals surface area contributed by atoms with Crippen LogP contribution in [-0.4, -0.2) is 46.8 Å². The van der Waals surface area contributed by atoms with Gasteiger partial charge in [0.15, 0.2) is 0 Å². The lowest BCUT2D eigenvalue weighted by atomic mass is 9.97. The SMILES string of the molecule is CCc1nc2ccc(Cl)cn2c1C(=O)NCc1ccc(N2CCN(c3ccc(OC(F)(F)F)cc3)C(C)(C)C2)c(F)c1. The number of fused-ring (bicyclic) bond motifs is 1. The van der Waals surface area contributed by atoms with Gasteiger partial charge < -0.3 is 19.9 Å². The highest BCUT2D eigenvalue weighted by Gasteiger charge is 2.35. The van der Waals surface area contributed by atoms with Crippen molar-refractivity contribution in [2.24, 2.45) is 0 Å². The molecular formula is C30H30ClF4N5O2. The number of piperazine rings is 1. The lowest BCUT2D eigenvalue weighted by Crippen LogP contribution is -2.60. The van der Waals surface area contributed by atoms with Crippen molar-refractivity contribution in [3.05, 3.63) is 88.6 Å². The molecule has 2 aromatic heterocycles. The van der Waals surface area contributed by atoms with E-state index < -0.39 is 17.7 Å². The normalized spacial score (nSPS) is 15.2. The molecule has 0 bridgehead atoms. The summed E-state index contributed by atoms with van der Waals surface area (Å²) in [5.74, 6) is -1.02. The van der Waals surface area contributed by atoms with Crippen LogP contribution in [0, 0.1) is 5.82 Å². The van der Waals surface area contributed by atoms with Gasteiger partial charge >= 0.3 is 6.36 Å². The van der Waals surface area contributed by atoms with Crippen LogP contribution >= 0.6 is 11.6 Å². The molecule has 5 rings (SSSR count). The van der Waals surface area contributed by atoms with Gasteiger partial charge in [-0.05, 0) is 74.4 Å². The number of carbonyl (C=O) groups is 1. The second kappa shape index (κ2) is 11.4. The highest BCUT2D eigenvalue weighted by molar-refractivity contribution is 6.30. The van der Waals surface area contributed by atoms with Crippen LogP contribution in [0.15, 0.2) is 60.8 Å². The molecule has 0 unspecified atom stereocenters. The first kappa shape index (κ1) is 29.5. The molecule has 3 heterocycles. The molecule has 2 aromatic carbocycles. The number of ether oxygens (including phenoxy) is 1. The molecule has 1 saturated heterocycles. The van der Waals surface area contributed by atoms with E-state index in [1.54, 1.807) is 47.0 Å². The van der Waals surface area contributed by atoms with E-state index in [4.69, 9.17) is 11.6 Å². The zero-order valence-corrected chi connectivity index (χ0v) is 24.1. The second-order valence-corrected chi connectivity index (χ2v) is 11.2. The Balaban J connectivity index is 1.25. The highest BCUT2D eigenvalue weighted by Crippen LogP contribution is 2.33. The summed E-state index contributed by atoms with van der Waals surface area (Å²) in [6.45, 7) is 7.56. The lowest BCUT2D eigenvalue weighted by Gasteiger charge is -2.49. The number of amides is 1. The minimum atomic E-state index is -4.75. The third-order valence-electron chi connectivity index (χ3n) is 7.29. The zero-order valence-electron chi connectivity index (χ0n) is 23.3. The number of aryl methyl sites for hydroxylation is 1. The van der Waals surface area contributed by atoms with Crippen LogP contribution in [0.4, 0.5) is 28.9 Å². The topological polar surface area (TPSA) is 62.1 Å². The van der Waals surface area contributed by atoms with Crippen molar-refractivity contribution in [3.8, 4) is 5.75 Å². The maximum atomic E-state index is 15.4. The van der Waals surface area contributed by atoms with Crippen LogP contribution in [0.25, 0.3) is 5.65 Å². The lowest BCUT2D eigenvalue weighted by molar-refractivity contribution is -0.274. The van der Waals surface area contributed by atoms with E-state index in [0.29, 0.717) is 59.4 Å². The molecule has 1 aliphatic rings. The number of nitrogens with zero attached hydrogens (tertiary/aromatic N) is 4. The summed E-state index contributed by atoms with van der Waals surface area (Å²) in [5.41, 5.74) is 3.01. The average molecular weight is 604 g/mol. The Morgan fingerprint density at radius 1 is 1.10 bits per heavy atom. The summed E-state index contributed by atoms with van der Waals surface area (Å²) in [6, 6.07) is 14.1. The van der Waals surface area contributed by atoms with Crippen LogP contribution in [0.5, 0.6) is 5.75 Å². The van der Waals surface area contributed by atoms with Crippen molar-refractivity contribution < 1.29 is 27.1 Å². The van der Waals surface area contributed by atoms with Crippen molar-refractivity contribution in [1.29, 1.82) is 0 Å². The molecule has 0 saturated carbocycles. The summed E-state index contributed by atoms with van der Waals surface area (Å²) >= 11 is 6.13. The molecular weight excluding hydrogens is 574 g/mol. The molecule has 0 aliphatic carbocycles. The minimum Gasteiger partial charge on any atom is -0.406 e. The quantitative estimate of drug-likeness (QED) is 0.241. The van der Waals surface area contributed by atoms with E-state index in [2.05, 4.69) is 19.9 Å². The highest BCUT2D eigenvalue weighted by atomic mass is 35.5. The van der Waals surface area contributed by atoms with Gasteiger partial charge in [-0.25, -0.2) is 9.37 Å². The summed E-state index contributed by atoms with van der Waals surface area (Å²) in [6.07, 6.45) is -2.54. The molecule has 0 atom stereocenters. The fourth-order valence-electron chi connectivity index (χ4n) is 5.40. The summed E-state index contributed by atoms with van der Waals surface area (Å²) in [5, 5.41) is 3.34. The van der Waals surface area contributed by atoms with E-state index in [1.807, 2.05) is 25.7 Å². The van der Waals surface area contributed by atoms with Crippen LogP contribution in [0.1, 0.15) is 42.5 Å². The first-order valence-corrected chi connectivity index (χ1v) is 13.8. The maximum absolute atomic E-state index is 15.4. The monoisotopic (exact) mass is 603 g/mol. The number of halogens is 5. The number of benzene rings is 2. The van der Waals surface area contributed by atoms with Crippen molar-refractivity contribution in [1.82, 2.24) is 14.7 Å². The van der Waals surface area contributed by atoms with Gasteiger partial charge in [-0.15, -0.1) is 13.2 Å². The Kier molecular flexibility index (Phi) is 7.98. The largest absolute Gasteiger partial charge is 0.573 e. The molecule has 1 N–H and O–H groups in total. The van der Waals surface area contributed by atoms with E-state index >= 15 is 4.39 Å². The third kappa shape index (κ3) is 6.25. The molecule has 1 fully saturated rings. The van der Waals surface area contributed by atoms with E-state index in [1.165, 1.54) is 18.2 Å². The number of pyridine rings is 1. The van der Waals surface area contributed by atoms with Gasteiger partial charge in [0.1, 0.15) is 22.9 Å². The standard InChI is InChI=1S/C30H30ClF4N5O2/c1-4-24-27(39-17-20(31)6-12-26(39)37-24)28(41)36-16-19-5-11-25(23(32)15-19)38-13-14-40(29(2,3)18-38)21-7-9-22(10-8-21)42-30(33,34)35/h5-12,15,17H,4,13-14,16,18H2,1-3H3,(H,36,41). The fourth-order valence-corrected chi connectivity index (χ4v) is 5.56. The Morgan fingerprint density at radius 3 is 2.48 bits per heavy atom. The molecule has 1 aliphatic heterocycles. The molecule has 0 radical (unpaired) electrons. The van der Waals surface area contributed by atoms with Crippen molar-refractivity contribution in [2.45, 2.75) is 45.6 Å². The molecule has 42 heavy (non-hydrogen) atoms.